The zero-order chi connectivity index (χ0) is 16.7. The predicted molar refractivity (Wildman–Crippen MR) is 95.5 cm³/mol. The largest absolute Gasteiger partial charge is 0.351 e. The summed E-state index contributed by atoms with van der Waals surface area (Å²) in [6.45, 7) is 5.26. The molecule has 1 aromatic carbocycles. The van der Waals surface area contributed by atoms with E-state index in [-0.39, 0.29) is 5.91 Å². The number of imidazole rings is 1. The monoisotopic (exact) mass is 322 g/mol. The lowest BCUT2D eigenvalue weighted by molar-refractivity contribution is 0.102. The molecule has 0 radical (unpaired) electrons. The lowest BCUT2D eigenvalue weighted by Gasteiger charge is -2.16. The molecule has 0 unspecified atom stereocenters. The van der Waals surface area contributed by atoms with E-state index in [1.54, 1.807) is 6.20 Å². The lowest BCUT2D eigenvalue weighted by atomic mass is 10.0. The number of rotatable bonds is 3. The van der Waals surface area contributed by atoms with Crippen LogP contribution in [0.2, 0.25) is 0 Å². The minimum atomic E-state index is -0.120. The number of fused-ring (bicyclic) bond motifs is 2. The van der Waals surface area contributed by atoms with Crippen LogP contribution in [0.25, 0.3) is 10.9 Å². The van der Waals surface area contributed by atoms with E-state index in [4.69, 9.17) is 0 Å². The van der Waals surface area contributed by atoms with E-state index in [9.17, 15) is 4.79 Å². The van der Waals surface area contributed by atoms with Crippen molar-refractivity contribution in [1.29, 1.82) is 0 Å². The van der Waals surface area contributed by atoms with Crippen LogP contribution in [-0.2, 0) is 13.0 Å². The van der Waals surface area contributed by atoms with Crippen LogP contribution in [0.4, 0.5) is 5.82 Å². The number of H-pyrrole nitrogens is 1. The van der Waals surface area contributed by atoms with Gasteiger partial charge in [0, 0.05) is 23.9 Å². The number of aromatic nitrogens is 3. The predicted octanol–water partition coefficient (Wildman–Crippen LogP) is 4.08. The van der Waals surface area contributed by atoms with E-state index in [1.807, 2.05) is 6.07 Å². The second-order valence-corrected chi connectivity index (χ2v) is 6.81. The lowest BCUT2D eigenvalue weighted by Crippen LogP contribution is -2.18. The minimum Gasteiger partial charge on any atom is -0.351 e. The Labute approximate surface area is 141 Å². The smallest absolute Gasteiger partial charge is 0.273 e. The molecule has 0 bridgehead atoms. The normalized spacial score (nSPS) is 14.1. The summed E-state index contributed by atoms with van der Waals surface area (Å²) in [4.78, 5) is 20.3. The summed E-state index contributed by atoms with van der Waals surface area (Å²) in [7, 11) is 0. The molecule has 24 heavy (non-hydrogen) atoms. The van der Waals surface area contributed by atoms with E-state index >= 15 is 0 Å². The third-order valence-electron chi connectivity index (χ3n) is 4.77. The van der Waals surface area contributed by atoms with Gasteiger partial charge in [0.2, 0.25) is 0 Å². The first-order chi connectivity index (χ1) is 11.6. The molecule has 3 aromatic rings. The van der Waals surface area contributed by atoms with Crippen molar-refractivity contribution >= 4 is 22.6 Å². The molecule has 4 rings (SSSR count). The van der Waals surface area contributed by atoms with Gasteiger partial charge < -0.3 is 14.9 Å². The van der Waals surface area contributed by atoms with Gasteiger partial charge >= 0.3 is 0 Å². The molecule has 124 valence electrons. The van der Waals surface area contributed by atoms with E-state index in [0.717, 1.165) is 41.9 Å². The van der Waals surface area contributed by atoms with Crippen molar-refractivity contribution in [2.45, 2.75) is 45.6 Å². The number of carbonyl (C=O) groups excluding carboxylic acids is 1. The van der Waals surface area contributed by atoms with Crippen LogP contribution in [0.3, 0.4) is 0 Å². The van der Waals surface area contributed by atoms with Crippen LogP contribution in [0, 0.1) is 0 Å². The van der Waals surface area contributed by atoms with Crippen LogP contribution in [-0.4, -0.2) is 20.4 Å². The summed E-state index contributed by atoms with van der Waals surface area (Å²) in [5.74, 6) is 2.20. The average Bonchev–Trinajstić information content (AvgIpc) is 3.18. The zero-order valence-corrected chi connectivity index (χ0v) is 14.1. The average molecular weight is 322 g/mol. The topological polar surface area (TPSA) is 62.7 Å². The maximum Gasteiger partial charge on any atom is 0.273 e. The Kier molecular flexibility index (Phi) is 3.63. The highest BCUT2D eigenvalue weighted by molar-refractivity contribution is 6.05. The van der Waals surface area contributed by atoms with E-state index in [2.05, 4.69) is 51.9 Å². The Hall–Kier alpha value is -2.56. The van der Waals surface area contributed by atoms with Gasteiger partial charge in [0.1, 0.15) is 17.3 Å². The Morgan fingerprint density at radius 3 is 3.00 bits per heavy atom. The molecule has 1 amide bonds. The molecule has 0 aliphatic carbocycles. The summed E-state index contributed by atoms with van der Waals surface area (Å²) in [6, 6.07) is 8.22. The van der Waals surface area contributed by atoms with Crippen molar-refractivity contribution in [3.05, 3.63) is 47.5 Å². The van der Waals surface area contributed by atoms with Crippen molar-refractivity contribution in [2.75, 3.05) is 5.32 Å². The Bertz CT molecular complexity index is 903. The number of nitrogens with zero attached hydrogens (tertiary/aromatic N) is 2. The van der Waals surface area contributed by atoms with Gasteiger partial charge in [0.25, 0.3) is 5.91 Å². The van der Waals surface area contributed by atoms with Crippen LogP contribution in [0.1, 0.15) is 54.5 Å². The Balaban J connectivity index is 1.60. The number of aryl methyl sites for hydroxylation is 1. The highest BCUT2D eigenvalue weighted by atomic mass is 16.2. The molecule has 5 nitrogen and oxygen atoms in total. The van der Waals surface area contributed by atoms with Gasteiger partial charge in [-0.05, 0) is 36.5 Å². The van der Waals surface area contributed by atoms with E-state index in [0.29, 0.717) is 11.6 Å². The maximum absolute atomic E-state index is 12.6. The first-order valence-electron chi connectivity index (χ1n) is 8.60. The summed E-state index contributed by atoms with van der Waals surface area (Å²) in [6.07, 6.45) is 5.06. The standard InChI is InChI=1S/C19H22N4O/c1-12(2)13-6-7-14-10-16(21-15(14)9-13)19(24)22-18-11-20-17-5-3-4-8-23(17)18/h6-7,9-12,21H,3-5,8H2,1-2H3,(H,22,24). The molecule has 0 atom stereocenters. The minimum absolute atomic E-state index is 0.120. The summed E-state index contributed by atoms with van der Waals surface area (Å²) >= 11 is 0. The fraction of sp³-hybridized carbons (Fsp3) is 0.368. The first kappa shape index (κ1) is 15.0. The molecule has 1 aliphatic rings. The second kappa shape index (κ2) is 5.82. The molecule has 5 heteroatoms. The Morgan fingerprint density at radius 1 is 1.29 bits per heavy atom. The highest BCUT2D eigenvalue weighted by Gasteiger charge is 2.17. The van der Waals surface area contributed by atoms with Crippen LogP contribution in [0.15, 0.2) is 30.5 Å². The van der Waals surface area contributed by atoms with Crippen LogP contribution >= 0.6 is 0 Å². The quantitative estimate of drug-likeness (QED) is 0.763. The first-order valence-corrected chi connectivity index (χ1v) is 8.60. The molecule has 3 heterocycles. The number of aromatic amines is 1. The molecule has 0 spiro atoms. The van der Waals surface area contributed by atoms with Crippen LogP contribution < -0.4 is 5.32 Å². The number of nitrogens with one attached hydrogen (secondary N) is 2. The molecule has 1 aliphatic heterocycles. The summed E-state index contributed by atoms with van der Waals surface area (Å²) in [5, 5.41) is 4.05. The van der Waals surface area contributed by atoms with Gasteiger partial charge in [-0.3, -0.25) is 4.79 Å². The number of hydrogen-bond donors (Lipinski definition) is 2. The van der Waals surface area contributed by atoms with Gasteiger partial charge in [-0.2, -0.15) is 0 Å². The van der Waals surface area contributed by atoms with Crippen molar-refractivity contribution < 1.29 is 4.79 Å². The zero-order valence-electron chi connectivity index (χ0n) is 14.1. The molecular weight excluding hydrogens is 300 g/mol. The maximum atomic E-state index is 12.6. The van der Waals surface area contributed by atoms with E-state index in [1.165, 1.54) is 12.0 Å². The summed E-state index contributed by atoms with van der Waals surface area (Å²) < 4.78 is 2.11. The second-order valence-electron chi connectivity index (χ2n) is 6.81. The van der Waals surface area contributed by atoms with Gasteiger partial charge in [-0.25, -0.2) is 4.98 Å². The summed E-state index contributed by atoms with van der Waals surface area (Å²) in [5.41, 5.74) is 2.85. The van der Waals surface area contributed by atoms with Gasteiger partial charge in [-0.1, -0.05) is 26.0 Å². The third kappa shape index (κ3) is 2.60. The third-order valence-corrected chi connectivity index (χ3v) is 4.77. The molecule has 2 aromatic heterocycles. The molecule has 0 saturated carbocycles. The van der Waals surface area contributed by atoms with Crippen molar-refractivity contribution in [3.8, 4) is 0 Å². The highest BCUT2D eigenvalue weighted by Crippen LogP contribution is 2.23. The SMILES string of the molecule is CC(C)c1ccc2cc(C(=O)Nc3cnc4n3CCCC4)[nH]c2c1. The Morgan fingerprint density at radius 2 is 2.17 bits per heavy atom. The van der Waals surface area contributed by atoms with Crippen molar-refractivity contribution in [2.24, 2.45) is 0 Å². The fourth-order valence-electron chi connectivity index (χ4n) is 3.33. The number of anilines is 1. The molecule has 0 fully saturated rings. The molecule has 2 N–H and O–H groups in total. The van der Waals surface area contributed by atoms with Crippen molar-refractivity contribution in [1.82, 2.24) is 14.5 Å². The van der Waals surface area contributed by atoms with Gasteiger partial charge in [-0.15, -0.1) is 0 Å². The number of benzene rings is 1. The van der Waals surface area contributed by atoms with Crippen LogP contribution in [0.5, 0.6) is 0 Å². The fourth-order valence-corrected chi connectivity index (χ4v) is 3.33. The molecular formula is C19H22N4O. The number of carbonyl (C=O) groups is 1. The van der Waals surface area contributed by atoms with Gasteiger partial charge in [0.15, 0.2) is 0 Å². The van der Waals surface area contributed by atoms with Gasteiger partial charge in [0.05, 0.1) is 6.20 Å². The van der Waals surface area contributed by atoms with Crippen molar-refractivity contribution in [3.63, 3.8) is 0 Å². The van der Waals surface area contributed by atoms with E-state index < -0.39 is 0 Å². The molecule has 0 saturated heterocycles. The number of hydrogen-bond acceptors (Lipinski definition) is 2. The number of amides is 1.